The van der Waals surface area contributed by atoms with Gasteiger partial charge in [0.25, 0.3) is 0 Å². The van der Waals surface area contributed by atoms with E-state index in [1.807, 2.05) is 18.2 Å². The van der Waals surface area contributed by atoms with Gasteiger partial charge in [0, 0.05) is 17.5 Å². The van der Waals surface area contributed by atoms with E-state index in [-0.39, 0.29) is 11.6 Å². The predicted octanol–water partition coefficient (Wildman–Crippen LogP) is 13.0. The van der Waals surface area contributed by atoms with Crippen molar-refractivity contribution >= 4 is 56.3 Å². The standard InChI is InChI=1S/C51H50N4O4S2/c1-4-6-8-10-28-58-46-26-20-39(32-47(46)59-29-11-9-7-5-2)45-33-44(48-27-24-42(60-48)23-17-36-13-15-37(16-14-36)31-40(34-52)51(56)57)54-55(45)41-21-18-38(19-22-41)50-53-43-25-12-35(3)30-49(43)61-50/h12-16,18-22,24-27,30-32,45H,4-11,28-29,33H2,1-3H3,(H,56,57)/b40-31+. The van der Waals surface area contributed by atoms with Crippen molar-refractivity contribution in [3.05, 3.63) is 135 Å². The first kappa shape index (κ1) is 42.9. The fourth-order valence-corrected chi connectivity index (χ4v) is 9.04. The summed E-state index contributed by atoms with van der Waals surface area (Å²) in [5.41, 5.74) is 7.47. The topological polar surface area (TPSA) is 108 Å². The molecule has 61 heavy (non-hydrogen) atoms. The zero-order chi connectivity index (χ0) is 42.6. The van der Waals surface area contributed by atoms with E-state index in [0.717, 1.165) is 85.6 Å². The van der Waals surface area contributed by atoms with Crippen molar-refractivity contribution in [3.8, 4) is 40.0 Å². The largest absolute Gasteiger partial charge is 0.490 e. The van der Waals surface area contributed by atoms with Crippen LogP contribution in [0.2, 0.25) is 0 Å². The normalized spacial score (nSPS) is 13.7. The van der Waals surface area contributed by atoms with Gasteiger partial charge in [0.15, 0.2) is 11.5 Å². The van der Waals surface area contributed by atoms with Gasteiger partial charge >= 0.3 is 5.97 Å². The molecule has 0 spiro atoms. The molecule has 6 aromatic rings. The Labute approximate surface area is 366 Å². The molecule has 2 aromatic heterocycles. The number of aliphatic carboxylic acids is 1. The number of carboxylic acids is 1. The molecule has 0 fully saturated rings. The molecule has 10 heteroatoms. The molecular weight excluding hydrogens is 797 g/mol. The fourth-order valence-electron chi connectivity index (χ4n) is 7.12. The Morgan fingerprint density at radius 3 is 2.28 bits per heavy atom. The molecule has 3 heterocycles. The van der Waals surface area contributed by atoms with Gasteiger partial charge in [-0.25, -0.2) is 9.78 Å². The van der Waals surface area contributed by atoms with Crippen LogP contribution in [-0.2, 0) is 4.79 Å². The van der Waals surface area contributed by atoms with E-state index in [1.54, 1.807) is 40.9 Å². The zero-order valence-electron chi connectivity index (χ0n) is 34.9. The summed E-state index contributed by atoms with van der Waals surface area (Å²) in [4.78, 5) is 18.1. The third kappa shape index (κ3) is 11.1. The first-order valence-corrected chi connectivity index (χ1v) is 22.8. The number of aromatic nitrogens is 1. The van der Waals surface area contributed by atoms with Gasteiger partial charge in [-0.3, -0.25) is 5.01 Å². The lowest BCUT2D eigenvalue weighted by atomic mass is 10.00. The Morgan fingerprint density at radius 2 is 1.57 bits per heavy atom. The highest BCUT2D eigenvalue weighted by Gasteiger charge is 2.31. The number of nitrogens with zero attached hydrogens (tertiary/aromatic N) is 4. The van der Waals surface area contributed by atoms with Gasteiger partial charge in [-0.15, -0.1) is 22.7 Å². The minimum absolute atomic E-state index is 0.0841. The number of anilines is 1. The SMILES string of the molecule is CCCCCCOc1ccc(C2CC(c3ccc(C#Cc4ccc(/C=C(\C#N)C(=O)O)cc4)s3)=NN2c2ccc(-c3nc4ccc(C)cc4s3)cc2)cc1OCCCCCC. The number of unbranched alkanes of at least 4 members (excludes halogenated alkanes) is 6. The molecule has 1 aliphatic heterocycles. The van der Waals surface area contributed by atoms with Gasteiger partial charge in [-0.05, 0) is 115 Å². The molecule has 0 amide bonds. The predicted molar refractivity (Wildman–Crippen MR) is 250 cm³/mol. The summed E-state index contributed by atoms with van der Waals surface area (Å²) < 4.78 is 14.0. The lowest BCUT2D eigenvalue weighted by Crippen LogP contribution is -2.18. The van der Waals surface area contributed by atoms with E-state index in [9.17, 15) is 9.90 Å². The van der Waals surface area contributed by atoms with Crippen molar-refractivity contribution in [3.63, 3.8) is 0 Å². The number of hydrogen-bond donors (Lipinski definition) is 1. The maximum atomic E-state index is 11.2. The molecular formula is C51H50N4O4S2. The van der Waals surface area contributed by atoms with Crippen molar-refractivity contribution in [2.75, 3.05) is 18.2 Å². The fraction of sp³-hybridized carbons (Fsp3) is 0.294. The summed E-state index contributed by atoms with van der Waals surface area (Å²) in [5.74, 6) is 6.83. The molecule has 0 bridgehead atoms. The summed E-state index contributed by atoms with van der Waals surface area (Å²) in [6.45, 7) is 7.86. The molecule has 310 valence electrons. The van der Waals surface area contributed by atoms with Crippen molar-refractivity contribution in [1.29, 1.82) is 5.26 Å². The molecule has 7 rings (SSSR count). The smallest absolute Gasteiger partial charge is 0.346 e. The van der Waals surface area contributed by atoms with Crippen LogP contribution in [-0.4, -0.2) is 35.0 Å². The second kappa shape index (κ2) is 20.9. The number of benzene rings is 4. The number of nitriles is 1. The number of rotatable bonds is 18. The van der Waals surface area contributed by atoms with E-state index >= 15 is 0 Å². The number of fused-ring (bicyclic) bond motifs is 1. The van der Waals surface area contributed by atoms with Gasteiger partial charge in [-0.1, -0.05) is 88.5 Å². The van der Waals surface area contributed by atoms with Crippen LogP contribution in [0.25, 0.3) is 26.9 Å². The molecule has 1 N–H and O–H groups in total. The molecule has 8 nitrogen and oxygen atoms in total. The zero-order valence-corrected chi connectivity index (χ0v) is 36.6. The van der Waals surface area contributed by atoms with Gasteiger partial charge < -0.3 is 14.6 Å². The van der Waals surface area contributed by atoms with E-state index in [0.29, 0.717) is 25.2 Å². The number of hydrazone groups is 1. The Balaban J connectivity index is 1.16. The lowest BCUT2D eigenvalue weighted by molar-refractivity contribution is -0.132. The highest BCUT2D eigenvalue weighted by atomic mass is 32.1. The Bertz CT molecular complexity index is 2620. The average Bonchev–Trinajstić information content (AvgIpc) is 4.04. The van der Waals surface area contributed by atoms with Crippen LogP contribution < -0.4 is 14.5 Å². The van der Waals surface area contributed by atoms with Crippen LogP contribution in [0.3, 0.4) is 0 Å². The summed E-state index contributed by atoms with van der Waals surface area (Å²) in [5, 5.41) is 26.7. The monoisotopic (exact) mass is 846 g/mol. The van der Waals surface area contributed by atoms with Gasteiger partial charge in [0.1, 0.15) is 16.6 Å². The van der Waals surface area contributed by atoms with Crippen molar-refractivity contribution in [1.82, 2.24) is 4.98 Å². The second-order valence-corrected chi connectivity index (χ2v) is 17.3. The molecule has 0 aliphatic carbocycles. The highest BCUT2D eigenvalue weighted by Crippen LogP contribution is 2.42. The van der Waals surface area contributed by atoms with Crippen molar-refractivity contribution in [2.24, 2.45) is 5.10 Å². The molecule has 4 aromatic carbocycles. The van der Waals surface area contributed by atoms with Crippen molar-refractivity contribution < 1.29 is 19.4 Å². The summed E-state index contributed by atoms with van der Waals surface area (Å²) in [7, 11) is 0. The molecule has 0 saturated carbocycles. The highest BCUT2D eigenvalue weighted by molar-refractivity contribution is 7.21. The molecule has 0 saturated heterocycles. The Morgan fingerprint density at radius 1 is 0.836 bits per heavy atom. The van der Waals surface area contributed by atoms with Crippen LogP contribution in [0.5, 0.6) is 11.5 Å². The van der Waals surface area contributed by atoms with Crippen LogP contribution in [0.15, 0.2) is 108 Å². The van der Waals surface area contributed by atoms with E-state index < -0.39 is 5.97 Å². The van der Waals surface area contributed by atoms with E-state index in [2.05, 4.69) is 104 Å². The maximum Gasteiger partial charge on any atom is 0.346 e. The second-order valence-electron chi connectivity index (χ2n) is 15.2. The first-order valence-electron chi connectivity index (χ1n) is 21.1. The van der Waals surface area contributed by atoms with Gasteiger partial charge in [0.05, 0.1) is 50.6 Å². The van der Waals surface area contributed by atoms with Crippen LogP contribution in [0.4, 0.5) is 5.69 Å². The summed E-state index contributed by atoms with van der Waals surface area (Å²) in [6, 6.07) is 34.2. The number of thiophene rings is 1. The average molecular weight is 847 g/mol. The lowest BCUT2D eigenvalue weighted by Gasteiger charge is -2.25. The van der Waals surface area contributed by atoms with Gasteiger partial charge in [0.2, 0.25) is 0 Å². The van der Waals surface area contributed by atoms with E-state index in [1.165, 1.54) is 42.0 Å². The van der Waals surface area contributed by atoms with E-state index in [4.69, 9.17) is 24.8 Å². The van der Waals surface area contributed by atoms with Crippen LogP contribution in [0, 0.1) is 30.1 Å². The number of aryl methyl sites for hydroxylation is 1. The Hall–Kier alpha value is -6.20. The quantitative estimate of drug-likeness (QED) is 0.0397. The van der Waals surface area contributed by atoms with Gasteiger partial charge in [-0.2, -0.15) is 10.4 Å². The third-order valence-electron chi connectivity index (χ3n) is 10.5. The maximum absolute atomic E-state index is 11.2. The number of hydrogen-bond acceptors (Lipinski definition) is 9. The third-order valence-corrected chi connectivity index (χ3v) is 12.6. The van der Waals surface area contributed by atoms with Crippen LogP contribution in [0.1, 0.15) is 110 Å². The number of thiazole rings is 1. The van der Waals surface area contributed by atoms with Crippen LogP contribution >= 0.6 is 22.7 Å². The summed E-state index contributed by atoms with van der Waals surface area (Å²) in [6.07, 6.45) is 11.1. The van der Waals surface area contributed by atoms with Crippen molar-refractivity contribution in [2.45, 2.75) is 84.6 Å². The number of carboxylic acid groups (broad SMARTS) is 1. The minimum Gasteiger partial charge on any atom is -0.490 e. The first-order chi connectivity index (χ1) is 29.8. The minimum atomic E-state index is -1.25. The molecule has 1 unspecified atom stereocenters. The molecule has 0 radical (unpaired) electrons. The number of carbonyl (C=O) groups is 1. The Kier molecular flexibility index (Phi) is 14.7. The number of ether oxygens (including phenoxy) is 2. The summed E-state index contributed by atoms with van der Waals surface area (Å²) >= 11 is 3.32. The molecule has 1 aliphatic rings. The molecule has 1 atom stereocenters.